The van der Waals surface area contributed by atoms with Gasteiger partial charge >= 0.3 is 5.97 Å². The van der Waals surface area contributed by atoms with E-state index in [1.807, 2.05) is 26.0 Å². The van der Waals surface area contributed by atoms with Gasteiger partial charge in [0.2, 0.25) is 5.91 Å². The Morgan fingerprint density at radius 2 is 2.05 bits per heavy atom. The number of carbonyl (C=O) groups is 2. The molecule has 3 rings (SSSR count). The van der Waals surface area contributed by atoms with Crippen molar-refractivity contribution in [3.05, 3.63) is 34.5 Å². The van der Waals surface area contributed by atoms with E-state index in [0.29, 0.717) is 5.56 Å². The van der Waals surface area contributed by atoms with Gasteiger partial charge in [-0.25, -0.2) is 4.79 Å². The minimum absolute atomic E-state index is 0.0294. The summed E-state index contributed by atoms with van der Waals surface area (Å²) in [7, 11) is 0. The van der Waals surface area contributed by atoms with Crippen LogP contribution in [0.3, 0.4) is 0 Å². The standard InChI is InChI=1S/C17H20N2O3/c1-9-6-10(2)14-12(8-18-16(20)11-4-3-5-11)15(17(21)22)19-13(14)7-9/h6-7,11,19H,3-5,8H2,1-2H3,(H,18,20)(H,21,22). The summed E-state index contributed by atoms with van der Waals surface area (Å²) in [6.45, 7) is 4.19. The quantitative estimate of drug-likeness (QED) is 0.812. The van der Waals surface area contributed by atoms with E-state index in [2.05, 4.69) is 10.3 Å². The number of amides is 1. The Morgan fingerprint density at radius 1 is 1.32 bits per heavy atom. The number of carboxylic acids is 1. The lowest BCUT2D eigenvalue weighted by Gasteiger charge is -2.24. The summed E-state index contributed by atoms with van der Waals surface area (Å²) in [4.78, 5) is 26.5. The second-order valence-corrected chi connectivity index (χ2v) is 6.13. The summed E-state index contributed by atoms with van der Waals surface area (Å²) in [5.41, 5.74) is 3.73. The number of benzene rings is 1. The molecule has 5 nitrogen and oxygen atoms in total. The van der Waals surface area contributed by atoms with Crippen molar-refractivity contribution >= 4 is 22.8 Å². The number of hydrogen-bond donors (Lipinski definition) is 3. The summed E-state index contributed by atoms with van der Waals surface area (Å²) in [6, 6.07) is 3.96. The number of carbonyl (C=O) groups excluding carboxylic acids is 1. The second kappa shape index (κ2) is 5.48. The average molecular weight is 300 g/mol. The van der Waals surface area contributed by atoms with Crippen LogP contribution in [0.2, 0.25) is 0 Å². The molecule has 3 N–H and O–H groups in total. The maximum Gasteiger partial charge on any atom is 0.352 e. The smallest absolute Gasteiger partial charge is 0.352 e. The summed E-state index contributed by atoms with van der Waals surface area (Å²) in [5, 5.41) is 13.2. The number of rotatable bonds is 4. The number of aromatic nitrogens is 1. The minimum Gasteiger partial charge on any atom is -0.477 e. The van der Waals surface area contributed by atoms with Crippen LogP contribution in [0.1, 0.15) is 46.4 Å². The monoisotopic (exact) mass is 300 g/mol. The van der Waals surface area contributed by atoms with E-state index >= 15 is 0 Å². The Bertz CT molecular complexity index is 757. The van der Waals surface area contributed by atoms with Crippen molar-refractivity contribution in [2.45, 2.75) is 39.7 Å². The molecule has 1 amide bonds. The maximum absolute atomic E-state index is 12.0. The van der Waals surface area contributed by atoms with Crippen molar-refractivity contribution in [1.82, 2.24) is 10.3 Å². The molecule has 1 aromatic heterocycles. The lowest BCUT2D eigenvalue weighted by molar-refractivity contribution is -0.127. The summed E-state index contributed by atoms with van der Waals surface area (Å²) < 4.78 is 0. The highest BCUT2D eigenvalue weighted by Crippen LogP contribution is 2.29. The number of fused-ring (bicyclic) bond motifs is 1. The molecule has 0 saturated heterocycles. The number of aromatic carboxylic acids is 1. The van der Waals surface area contributed by atoms with Gasteiger partial charge < -0.3 is 15.4 Å². The third-order valence-electron chi connectivity index (χ3n) is 4.47. The molecule has 1 aliphatic carbocycles. The summed E-state index contributed by atoms with van der Waals surface area (Å²) in [6.07, 6.45) is 2.97. The fourth-order valence-electron chi connectivity index (χ4n) is 3.15. The second-order valence-electron chi connectivity index (χ2n) is 6.13. The van der Waals surface area contributed by atoms with Crippen molar-refractivity contribution < 1.29 is 14.7 Å². The van der Waals surface area contributed by atoms with Crippen LogP contribution in [-0.4, -0.2) is 22.0 Å². The van der Waals surface area contributed by atoms with E-state index in [9.17, 15) is 14.7 Å². The van der Waals surface area contributed by atoms with Gasteiger partial charge in [0, 0.05) is 28.9 Å². The van der Waals surface area contributed by atoms with Crippen LogP contribution in [0.4, 0.5) is 0 Å². The van der Waals surface area contributed by atoms with Crippen molar-refractivity contribution in [2.24, 2.45) is 5.92 Å². The van der Waals surface area contributed by atoms with Crippen LogP contribution in [0, 0.1) is 19.8 Å². The SMILES string of the molecule is Cc1cc(C)c2c(CNC(=O)C3CCC3)c(C(=O)O)[nH]c2c1. The largest absolute Gasteiger partial charge is 0.477 e. The zero-order chi connectivity index (χ0) is 15.9. The van der Waals surface area contributed by atoms with Gasteiger partial charge in [-0.2, -0.15) is 0 Å². The molecular formula is C17H20N2O3. The first kappa shape index (κ1) is 14.6. The van der Waals surface area contributed by atoms with Gasteiger partial charge in [0.1, 0.15) is 5.69 Å². The van der Waals surface area contributed by atoms with Crippen molar-refractivity contribution in [1.29, 1.82) is 0 Å². The lowest BCUT2D eigenvalue weighted by Crippen LogP contribution is -2.34. The molecule has 1 heterocycles. The maximum atomic E-state index is 12.0. The Morgan fingerprint density at radius 3 is 2.64 bits per heavy atom. The van der Waals surface area contributed by atoms with Crippen LogP contribution in [0.15, 0.2) is 12.1 Å². The average Bonchev–Trinajstić information content (AvgIpc) is 2.73. The molecule has 0 aliphatic heterocycles. The number of aryl methyl sites for hydroxylation is 2. The van der Waals surface area contributed by atoms with Crippen LogP contribution in [0.25, 0.3) is 10.9 Å². The molecule has 1 aromatic carbocycles. The van der Waals surface area contributed by atoms with E-state index in [1.54, 1.807) is 0 Å². The van der Waals surface area contributed by atoms with Gasteiger partial charge in [0.05, 0.1) is 0 Å². The molecule has 2 aromatic rings. The highest BCUT2D eigenvalue weighted by atomic mass is 16.4. The van der Waals surface area contributed by atoms with E-state index in [-0.39, 0.29) is 24.1 Å². The van der Waals surface area contributed by atoms with Gasteiger partial charge in [-0.1, -0.05) is 12.5 Å². The number of H-pyrrole nitrogens is 1. The molecule has 1 aliphatic rings. The molecule has 0 spiro atoms. The molecule has 22 heavy (non-hydrogen) atoms. The minimum atomic E-state index is -0.999. The summed E-state index contributed by atoms with van der Waals surface area (Å²) >= 11 is 0. The zero-order valence-electron chi connectivity index (χ0n) is 12.8. The van der Waals surface area contributed by atoms with E-state index in [1.165, 1.54) is 0 Å². The predicted molar refractivity (Wildman–Crippen MR) is 83.9 cm³/mol. The van der Waals surface area contributed by atoms with Crippen LogP contribution in [-0.2, 0) is 11.3 Å². The third-order valence-corrected chi connectivity index (χ3v) is 4.47. The zero-order valence-corrected chi connectivity index (χ0v) is 12.8. The van der Waals surface area contributed by atoms with Gasteiger partial charge in [-0.3, -0.25) is 4.79 Å². The molecule has 1 saturated carbocycles. The highest BCUT2D eigenvalue weighted by Gasteiger charge is 2.26. The van der Waals surface area contributed by atoms with Crippen LogP contribution < -0.4 is 5.32 Å². The molecular weight excluding hydrogens is 280 g/mol. The normalized spacial score (nSPS) is 14.8. The Labute approximate surface area is 128 Å². The molecule has 5 heteroatoms. The number of carboxylic acid groups (broad SMARTS) is 1. The Kier molecular flexibility index (Phi) is 3.64. The van der Waals surface area contributed by atoms with Gasteiger partial charge in [0.25, 0.3) is 0 Å². The number of nitrogens with one attached hydrogen (secondary N) is 2. The predicted octanol–water partition coefficient (Wildman–Crippen LogP) is 2.90. The first-order chi connectivity index (χ1) is 10.5. The topological polar surface area (TPSA) is 82.2 Å². The molecule has 0 bridgehead atoms. The van der Waals surface area contributed by atoms with Gasteiger partial charge in [-0.15, -0.1) is 0 Å². The van der Waals surface area contributed by atoms with Crippen molar-refractivity contribution in [3.8, 4) is 0 Å². The van der Waals surface area contributed by atoms with Gasteiger partial charge in [-0.05, 0) is 43.9 Å². The Hall–Kier alpha value is -2.30. The summed E-state index contributed by atoms with van der Waals surface area (Å²) in [5.74, 6) is -0.871. The fraction of sp³-hybridized carbons (Fsp3) is 0.412. The molecule has 116 valence electrons. The van der Waals surface area contributed by atoms with E-state index in [4.69, 9.17) is 0 Å². The first-order valence-corrected chi connectivity index (χ1v) is 7.60. The Balaban J connectivity index is 1.96. The molecule has 1 fully saturated rings. The van der Waals surface area contributed by atoms with Crippen molar-refractivity contribution in [2.75, 3.05) is 0 Å². The lowest BCUT2D eigenvalue weighted by atomic mass is 9.85. The molecule has 0 radical (unpaired) electrons. The van der Waals surface area contributed by atoms with E-state index in [0.717, 1.165) is 41.3 Å². The van der Waals surface area contributed by atoms with Crippen LogP contribution >= 0.6 is 0 Å². The van der Waals surface area contributed by atoms with Crippen LogP contribution in [0.5, 0.6) is 0 Å². The first-order valence-electron chi connectivity index (χ1n) is 7.60. The van der Waals surface area contributed by atoms with Crippen molar-refractivity contribution in [3.63, 3.8) is 0 Å². The number of hydrogen-bond acceptors (Lipinski definition) is 2. The molecule has 0 atom stereocenters. The third kappa shape index (κ3) is 2.47. The number of aromatic amines is 1. The molecule has 0 unspecified atom stereocenters. The fourth-order valence-corrected chi connectivity index (χ4v) is 3.15. The van der Waals surface area contributed by atoms with E-state index < -0.39 is 5.97 Å². The van der Waals surface area contributed by atoms with Gasteiger partial charge in [0.15, 0.2) is 0 Å². The highest BCUT2D eigenvalue weighted by molar-refractivity contribution is 5.99.